The molecule has 2 aromatic carbocycles. The minimum Gasteiger partial charge on any atom is -0.494 e. The first-order chi connectivity index (χ1) is 11.6. The summed E-state index contributed by atoms with van der Waals surface area (Å²) in [7, 11) is 1.50. The standard InChI is InChI=1S/C17H12Cl2N2O2S/c1-23-15-12(18)7-10(8-13(15)19)9-14-16(22)21-17(24-14)20-11-5-3-2-4-6-11/h2-9H,1H3,(H,20,21,22)/b14-9-. The monoisotopic (exact) mass is 378 g/mol. The predicted octanol–water partition coefficient (Wildman–Crippen LogP) is 4.89. The summed E-state index contributed by atoms with van der Waals surface area (Å²) in [5, 5.41) is 4.05. The molecule has 0 spiro atoms. The molecule has 1 saturated heterocycles. The molecule has 1 N–H and O–H groups in total. The maximum atomic E-state index is 12.1. The van der Waals surface area contributed by atoms with Gasteiger partial charge in [0.2, 0.25) is 0 Å². The van der Waals surface area contributed by atoms with Crippen molar-refractivity contribution in [2.75, 3.05) is 7.11 Å². The van der Waals surface area contributed by atoms with Gasteiger partial charge in [0.15, 0.2) is 10.9 Å². The van der Waals surface area contributed by atoms with Crippen molar-refractivity contribution in [1.29, 1.82) is 0 Å². The number of benzene rings is 2. The van der Waals surface area contributed by atoms with Gasteiger partial charge in [-0.05, 0) is 47.7 Å². The van der Waals surface area contributed by atoms with Crippen molar-refractivity contribution in [2.45, 2.75) is 0 Å². The molecule has 1 amide bonds. The molecular formula is C17H12Cl2N2O2S. The molecule has 3 rings (SSSR count). The van der Waals surface area contributed by atoms with Crippen molar-refractivity contribution in [2.24, 2.45) is 4.99 Å². The van der Waals surface area contributed by atoms with E-state index in [1.165, 1.54) is 18.9 Å². The molecule has 7 heteroatoms. The molecule has 122 valence electrons. The van der Waals surface area contributed by atoms with Crippen LogP contribution in [0.1, 0.15) is 5.56 Å². The molecular weight excluding hydrogens is 367 g/mol. The van der Waals surface area contributed by atoms with Crippen molar-refractivity contribution in [1.82, 2.24) is 5.32 Å². The fourth-order valence-electron chi connectivity index (χ4n) is 2.11. The van der Waals surface area contributed by atoms with Crippen molar-refractivity contribution in [3.8, 4) is 5.75 Å². The molecule has 0 aliphatic carbocycles. The number of nitrogens with zero attached hydrogens (tertiary/aromatic N) is 1. The quantitative estimate of drug-likeness (QED) is 0.773. The summed E-state index contributed by atoms with van der Waals surface area (Å²) < 4.78 is 5.12. The summed E-state index contributed by atoms with van der Waals surface area (Å²) in [6, 6.07) is 12.8. The lowest BCUT2D eigenvalue weighted by Gasteiger charge is -2.06. The van der Waals surface area contributed by atoms with E-state index in [1.54, 1.807) is 18.2 Å². The molecule has 1 aliphatic heterocycles. The van der Waals surface area contributed by atoms with Crippen molar-refractivity contribution in [3.63, 3.8) is 0 Å². The Morgan fingerprint density at radius 1 is 1.17 bits per heavy atom. The van der Waals surface area contributed by atoms with Crippen molar-refractivity contribution >= 4 is 57.8 Å². The third-order valence-corrected chi connectivity index (χ3v) is 4.63. The minimum atomic E-state index is -0.210. The number of hydrogen-bond acceptors (Lipinski definition) is 4. The van der Waals surface area contributed by atoms with E-state index in [1.807, 2.05) is 30.3 Å². The molecule has 2 aromatic rings. The lowest BCUT2D eigenvalue weighted by molar-refractivity contribution is -0.115. The van der Waals surface area contributed by atoms with Crippen LogP contribution in [0, 0.1) is 0 Å². The van der Waals surface area contributed by atoms with Gasteiger partial charge in [0.05, 0.1) is 27.7 Å². The summed E-state index contributed by atoms with van der Waals surface area (Å²) in [4.78, 5) is 17.0. The van der Waals surface area contributed by atoms with Gasteiger partial charge in [0.25, 0.3) is 5.91 Å². The number of carbonyl (C=O) groups excluding carboxylic acids is 1. The number of hydrogen-bond donors (Lipinski definition) is 1. The van der Waals surface area contributed by atoms with E-state index >= 15 is 0 Å². The topological polar surface area (TPSA) is 50.7 Å². The summed E-state index contributed by atoms with van der Waals surface area (Å²) in [6.45, 7) is 0. The number of methoxy groups -OCH3 is 1. The van der Waals surface area contributed by atoms with Crippen LogP contribution >= 0.6 is 35.0 Å². The average Bonchev–Trinajstić information content (AvgIpc) is 2.87. The second-order valence-electron chi connectivity index (χ2n) is 4.84. The van der Waals surface area contributed by atoms with Crippen LogP contribution in [0.25, 0.3) is 6.08 Å². The van der Waals surface area contributed by atoms with E-state index in [4.69, 9.17) is 27.9 Å². The maximum Gasteiger partial charge on any atom is 0.264 e. The second-order valence-corrected chi connectivity index (χ2v) is 6.68. The first-order valence-electron chi connectivity index (χ1n) is 6.94. The third kappa shape index (κ3) is 3.75. The summed E-state index contributed by atoms with van der Waals surface area (Å²) >= 11 is 13.5. The molecule has 24 heavy (non-hydrogen) atoms. The number of aliphatic imine (C=N–C) groups is 1. The predicted molar refractivity (Wildman–Crippen MR) is 100 cm³/mol. The van der Waals surface area contributed by atoms with E-state index in [2.05, 4.69) is 10.3 Å². The molecule has 0 atom stereocenters. The highest BCUT2D eigenvalue weighted by atomic mass is 35.5. The van der Waals surface area contributed by atoms with Gasteiger partial charge in [0.1, 0.15) is 0 Å². The van der Waals surface area contributed by atoms with Gasteiger partial charge in [-0.15, -0.1) is 0 Å². The number of ether oxygens (including phenoxy) is 1. The average molecular weight is 379 g/mol. The zero-order valence-corrected chi connectivity index (χ0v) is 14.9. The normalized spacial score (nSPS) is 17.4. The van der Waals surface area contributed by atoms with Crippen LogP contribution in [-0.2, 0) is 4.79 Å². The van der Waals surface area contributed by atoms with Gasteiger partial charge in [0, 0.05) is 0 Å². The first-order valence-corrected chi connectivity index (χ1v) is 8.52. The lowest BCUT2D eigenvalue weighted by Crippen LogP contribution is -2.19. The van der Waals surface area contributed by atoms with E-state index in [0.717, 1.165) is 5.69 Å². The number of para-hydroxylation sites is 1. The molecule has 1 fully saturated rings. The van der Waals surface area contributed by atoms with Gasteiger partial charge in [-0.3, -0.25) is 4.79 Å². The number of amidine groups is 1. The Balaban J connectivity index is 1.87. The highest BCUT2D eigenvalue weighted by Crippen LogP contribution is 2.36. The Hall–Kier alpha value is -1.95. The molecule has 4 nitrogen and oxygen atoms in total. The van der Waals surface area contributed by atoms with E-state index in [9.17, 15) is 4.79 Å². The van der Waals surface area contributed by atoms with Gasteiger partial charge in [-0.25, -0.2) is 4.99 Å². The Bertz CT molecular complexity index is 828. The number of nitrogens with one attached hydrogen (secondary N) is 1. The van der Waals surface area contributed by atoms with Gasteiger partial charge in [-0.1, -0.05) is 41.4 Å². The number of halogens is 2. The third-order valence-electron chi connectivity index (χ3n) is 3.16. The first kappa shape index (κ1) is 16.9. The Morgan fingerprint density at radius 2 is 1.83 bits per heavy atom. The zero-order valence-electron chi connectivity index (χ0n) is 12.5. The summed E-state index contributed by atoms with van der Waals surface area (Å²) in [5.74, 6) is 0.202. The molecule has 1 aliphatic rings. The van der Waals surface area contributed by atoms with Gasteiger partial charge >= 0.3 is 0 Å². The van der Waals surface area contributed by atoms with Crippen LogP contribution in [0.3, 0.4) is 0 Å². The van der Waals surface area contributed by atoms with Gasteiger partial charge in [-0.2, -0.15) is 0 Å². The Kier molecular flexibility index (Phi) is 5.14. The van der Waals surface area contributed by atoms with E-state index in [-0.39, 0.29) is 5.91 Å². The SMILES string of the molecule is COc1c(Cl)cc(/C=C2\SC(=Nc3ccccc3)NC2=O)cc1Cl. The molecule has 0 radical (unpaired) electrons. The van der Waals surface area contributed by atoms with Gasteiger partial charge < -0.3 is 10.1 Å². The van der Waals surface area contributed by atoms with Crippen molar-refractivity contribution in [3.05, 3.63) is 63.0 Å². The summed E-state index contributed by atoms with van der Waals surface area (Å²) in [5.41, 5.74) is 1.49. The van der Waals surface area contributed by atoms with E-state index < -0.39 is 0 Å². The van der Waals surface area contributed by atoms with Crippen molar-refractivity contribution < 1.29 is 9.53 Å². The van der Waals surface area contributed by atoms with Crippen LogP contribution in [0.4, 0.5) is 5.69 Å². The largest absolute Gasteiger partial charge is 0.494 e. The molecule has 1 heterocycles. The van der Waals surface area contributed by atoms with Crippen LogP contribution < -0.4 is 10.1 Å². The highest BCUT2D eigenvalue weighted by molar-refractivity contribution is 8.18. The lowest BCUT2D eigenvalue weighted by atomic mass is 10.2. The molecule has 0 aromatic heterocycles. The smallest absolute Gasteiger partial charge is 0.264 e. The Labute approximate surface area is 153 Å². The van der Waals surface area contributed by atoms with Crippen LogP contribution in [0.2, 0.25) is 10.0 Å². The van der Waals surface area contributed by atoms with Crippen LogP contribution in [-0.4, -0.2) is 18.2 Å². The molecule has 0 bridgehead atoms. The van der Waals surface area contributed by atoms with Crippen LogP contribution in [0.15, 0.2) is 52.4 Å². The number of rotatable bonds is 3. The number of carbonyl (C=O) groups is 1. The highest BCUT2D eigenvalue weighted by Gasteiger charge is 2.24. The maximum absolute atomic E-state index is 12.1. The number of amides is 1. The number of thioether (sulfide) groups is 1. The van der Waals surface area contributed by atoms with Crippen LogP contribution in [0.5, 0.6) is 5.75 Å². The Morgan fingerprint density at radius 3 is 2.46 bits per heavy atom. The second kappa shape index (κ2) is 7.30. The molecule has 0 saturated carbocycles. The zero-order chi connectivity index (χ0) is 17.1. The summed E-state index contributed by atoms with van der Waals surface area (Å²) in [6.07, 6.45) is 1.71. The minimum absolute atomic E-state index is 0.210. The van der Waals surface area contributed by atoms with E-state index in [0.29, 0.717) is 31.4 Å². The fourth-order valence-corrected chi connectivity index (χ4v) is 3.61. The molecule has 0 unspecified atom stereocenters. The fraction of sp³-hybridized carbons (Fsp3) is 0.0588.